The summed E-state index contributed by atoms with van der Waals surface area (Å²) in [6, 6.07) is 1.92. The van der Waals surface area contributed by atoms with Gasteiger partial charge in [0, 0.05) is 6.20 Å². The molecule has 0 aliphatic heterocycles. The van der Waals surface area contributed by atoms with Crippen LogP contribution in [0, 0.1) is 0 Å². The third-order valence-corrected chi connectivity index (χ3v) is 2.36. The summed E-state index contributed by atoms with van der Waals surface area (Å²) in [4.78, 5) is 4.28. The van der Waals surface area contributed by atoms with Crippen molar-refractivity contribution >= 4 is 10.9 Å². The van der Waals surface area contributed by atoms with Crippen LogP contribution in [-0.2, 0) is 0 Å². The summed E-state index contributed by atoms with van der Waals surface area (Å²) in [6.07, 6.45) is 1.86. The molecule has 0 spiro atoms. The lowest BCUT2D eigenvalue weighted by Gasteiger charge is -2.10. The number of ether oxygens (including phenoxy) is 1. The van der Waals surface area contributed by atoms with Crippen LogP contribution in [0.25, 0.3) is 10.9 Å². The minimum Gasteiger partial charge on any atom is -0.474 e. The van der Waals surface area contributed by atoms with Crippen molar-refractivity contribution in [2.75, 3.05) is 0 Å². The largest absolute Gasteiger partial charge is 0.474 e. The fraction of sp³-hybridized carbons (Fsp3) is 0.500. The van der Waals surface area contributed by atoms with Crippen LogP contribution in [0.3, 0.4) is 0 Å². The summed E-state index contributed by atoms with van der Waals surface area (Å²) in [5.74, 6) is 1.03. The van der Waals surface area contributed by atoms with Gasteiger partial charge in [-0.15, -0.1) is 0 Å². The molecule has 0 aliphatic carbocycles. The fourth-order valence-corrected chi connectivity index (χ4v) is 1.69. The minimum atomic E-state index is 0.119. The van der Waals surface area contributed by atoms with Gasteiger partial charge in [0.1, 0.15) is 0 Å². The zero-order valence-electron chi connectivity index (χ0n) is 10.1. The summed E-state index contributed by atoms with van der Waals surface area (Å²) in [5.41, 5.74) is 1.99. The van der Waals surface area contributed by atoms with Crippen molar-refractivity contribution in [2.45, 2.75) is 39.7 Å². The van der Waals surface area contributed by atoms with Gasteiger partial charge in [-0.1, -0.05) is 13.8 Å². The highest BCUT2D eigenvalue weighted by Crippen LogP contribution is 2.29. The third kappa shape index (κ3) is 1.87. The van der Waals surface area contributed by atoms with Crippen molar-refractivity contribution in [3.8, 4) is 5.88 Å². The standard InChI is InChI=1S/C12H17N3O/c1-7(2)11-10-9(14-15-11)5-6-13-12(10)16-8(3)4/h5-8H,1-4H3,(H,14,15). The number of nitrogens with zero attached hydrogens (tertiary/aromatic N) is 2. The van der Waals surface area contributed by atoms with E-state index < -0.39 is 0 Å². The molecular formula is C12H17N3O. The Morgan fingerprint density at radius 3 is 2.62 bits per heavy atom. The number of hydrogen-bond acceptors (Lipinski definition) is 3. The summed E-state index contributed by atoms with van der Waals surface area (Å²) < 4.78 is 5.71. The second kappa shape index (κ2) is 4.12. The van der Waals surface area contributed by atoms with Crippen molar-refractivity contribution in [3.05, 3.63) is 18.0 Å². The molecule has 4 heteroatoms. The first-order valence-electron chi connectivity index (χ1n) is 5.59. The van der Waals surface area contributed by atoms with Crippen LogP contribution in [0.15, 0.2) is 12.3 Å². The van der Waals surface area contributed by atoms with E-state index in [-0.39, 0.29) is 6.10 Å². The van der Waals surface area contributed by atoms with Gasteiger partial charge >= 0.3 is 0 Å². The van der Waals surface area contributed by atoms with Crippen molar-refractivity contribution in [2.24, 2.45) is 0 Å². The Morgan fingerprint density at radius 2 is 2.00 bits per heavy atom. The van der Waals surface area contributed by atoms with E-state index in [1.807, 2.05) is 19.9 Å². The quantitative estimate of drug-likeness (QED) is 0.863. The van der Waals surface area contributed by atoms with Gasteiger partial charge in [-0.25, -0.2) is 4.98 Å². The first-order valence-corrected chi connectivity index (χ1v) is 5.59. The van der Waals surface area contributed by atoms with Crippen LogP contribution in [0.4, 0.5) is 0 Å². The summed E-state index contributed by atoms with van der Waals surface area (Å²) in [6.45, 7) is 8.22. The van der Waals surface area contributed by atoms with E-state index in [1.54, 1.807) is 6.20 Å². The molecule has 0 atom stereocenters. The van der Waals surface area contributed by atoms with Gasteiger partial charge in [-0.2, -0.15) is 5.10 Å². The molecular weight excluding hydrogens is 202 g/mol. The Labute approximate surface area is 95.0 Å². The van der Waals surface area contributed by atoms with Crippen LogP contribution in [0.1, 0.15) is 39.3 Å². The molecule has 0 fully saturated rings. The molecule has 0 aliphatic rings. The Hall–Kier alpha value is -1.58. The molecule has 0 saturated heterocycles. The first-order chi connectivity index (χ1) is 7.59. The monoisotopic (exact) mass is 219 g/mol. The number of nitrogens with one attached hydrogen (secondary N) is 1. The maximum atomic E-state index is 5.71. The van der Waals surface area contributed by atoms with E-state index >= 15 is 0 Å². The zero-order valence-corrected chi connectivity index (χ0v) is 10.1. The number of aromatic amines is 1. The van der Waals surface area contributed by atoms with E-state index in [0.29, 0.717) is 11.8 Å². The molecule has 86 valence electrons. The van der Waals surface area contributed by atoms with Crippen LogP contribution in [0.5, 0.6) is 5.88 Å². The van der Waals surface area contributed by atoms with Crippen molar-refractivity contribution in [1.82, 2.24) is 15.2 Å². The molecule has 16 heavy (non-hydrogen) atoms. The zero-order chi connectivity index (χ0) is 11.7. The third-order valence-electron chi connectivity index (χ3n) is 2.36. The Balaban J connectivity index is 2.59. The molecule has 2 heterocycles. The molecule has 2 rings (SSSR count). The van der Waals surface area contributed by atoms with Crippen molar-refractivity contribution in [1.29, 1.82) is 0 Å². The van der Waals surface area contributed by atoms with Crippen molar-refractivity contribution in [3.63, 3.8) is 0 Å². The fourth-order valence-electron chi connectivity index (χ4n) is 1.69. The van der Waals surface area contributed by atoms with E-state index in [4.69, 9.17) is 4.74 Å². The minimum absolute atomic E-state index is 0.119. The predicted molar refractivity (Wildman–Crippen MR) is 63.7 cm³/mol. The highest BCUT2D eigenvalue weighted by molar-refractivity contribution is 5.86. The number of rotatable bonds is 3. The highest BCUT2D eigenvalue weighted by Gasteiger charge is 2.15. The second-order valence-electron chi connectivity index (χ2n) is 4.47. The van der Waals surface area contributed by atoms with Gasteiger partial charge in [-0.05, 0) is 25.8 Å². The summed E-state index contributed by atoms with van der Waals surface area (Å²) in [7, 11) is 0. The molecule has 0 saturated carbocycles. The predicted octanol–water partition coefficient (Wildman–Crippen LogP) is 2.87. The topological polar surface area (TPSA) is 50.8 Å². The number of pyridine rings is 1. The lowest BCUT2D eigenvalue weighted by molar-refractivity contribution is 0.236. The first kappa shape index (κ1) is 10.9. The van der Waals surface area contributed by atoms with E-state index in [9.17, 15) is 0 Å². The molecule has 0 unspecified atom stereocenters. The van der Waals surface area contributed by atoms with Gasteiger partial charge in [0.15, 0.2) is 0 Å². The number of fused-ring (bicyclic) bond motifs is 1. The molecule has 0 radical (unpaired) electrons. The van der Waals surface area contributed by atoms with Gasteiger partial charge in [0.05, 0.1) is 22.7 Å². The maximum Gasteiger partial charge on any atom is 0.225 e. The average Bonchev–Trinajstić information content (AvgIpc) is 2.61. The van der Waals surface area contributed by atoms with E-state index in [2.05, 4.69) is 29.0 Å². The van der Waals surface area contributed by atoms with Gasteiger partial charge in [-0.3, -0.25) is 5.10 Å². The molecule has 0 aromatic carbocycles. The lowest BCUT2D eigenvalue weighted by Crippen LogP contribution is -2.07. The Bertz CT molecular complexity index is 488. The highest BCUT2D eigenvalue weighted by atomic mass is 16.5. The molecule has 2 aromatic rings. The van der Waals surface area contributed by atoms with Crippen molar-refractivity contribution < 1.29 is 4.74 Å². The molecule has 4 nitrogen and oxygen atoms in total. The lowest BCUT2D eigenvalue weighted by atomic mass is 10.1. The maximum absolute atomic E-state index is 5.71. The summed E-state index contributed by atoms with van der Waals surface area (Å²) >= 11 is 0. The van der Waals surface area contributed by atoms with Gasteiger partial charge in [0.2, 0.25) is 5.88 Å². The Morgan fingerprint density at radius 1 is 1.25 bits per heavy atom. The molecule has 2 aromatic heterocycles. The number of H-pyrrole nitrogens is 1. The van der Waals surface area contributed by atoms with Crippen LogP contribution < -0.4 is 4.74 Å². The van der Waals surface area contributed by atoms with Crippen LogP contribution in [0.2, 0.25) is 0 Å². The van der Waals surface area contributed by atoms with E-state index in [0.717, 1.165) is 16.6 Å². The van der Waals surface area contributed by atoms with Gasteiger partial charge in [0.25, 0.3) is 0 Å². The van der Waals surface area contributed by atoms with E-state index in [1.165, 1.54) is 0 Å². The summed E-state index contributed by atoms with van der Waals surface area (Å²) in [5, 5.41) is 8.34. The number of aromatic nitrogens is 3. The van der Waals surface area contributed by atoms with Gasteiger partial charge < -0.3 is 4.74 Å². The smallest absolute Gasteiger partial charge is 0.225 e. The average molecular weight is 219 g/mol. The van der Waals surface area contributed by atoms with Crippen LogP contribution >= 0.6 is 0 Å². The van der Waals surface area contributed by atoms with Crippen LogP contribution in [-0.4, -0.2) is 21.3 Å². The Kier molecular flexibility index (Phi) is 2.81. The molecule has 0 amide bonds. The molecule has 1 N–H and O–H groups in total. The normalized spacial score (nSPS) is 11.6. The molecule has 0 bridgehead atoms. The SMILES string of the molecule is CC(C)Oc1nccc2[nH]nc(C(C)C)c12. The number of hydrogen-bond donors (Lipinski definition) is 1. The second-order valence-corrected chi connectivity index (χ2v) is 4.47.